The molecule has 23 heavy (non-hydrogen) atoms. The highest BCUT2D eigenvalue weighted by Crippen LogP contribution is 2.24. The number of nitrogens with zero attached hydrogens (tertiary/aromatic N) is 1. The molecule has 0 aliphatic rings. The Kier molecular flexibility index (Phi) is 4.26. The third-order valence-electron chi connectivity index (χ3n) is 3.78. The summed E-state index contributed by atoms with van der Waals surface area (Å²) >= 11 is 6.25. The first kappa shape index (κ1) is 15.4. The Balaban J connectivity index is 1.93. The molecular weight excluding hydrogens is 306 g/mol. The Labute approximate surface area is 140 Å². The average molecular weight is 322 g/mol. The van der Waals surface area contributed by atoms with Gasteiger partial charge in [0.2, 0.25) is 0 Å². The van der Waals surface area contributed by atoms with Crippen LogP contribution in [0, 0.1) is 13.8 Å². The molecule has 0 saturated heterocycles. The lowest BCUT2D eigenvalue weighted by Gasteiger charge is -2.04. The van der Waals surface area contributed by atoms with Gasteiger partial charge < -0.3 is 0 Å². The van der Waals surface area contributed by atoms with Gasteiger partial charge in [-0.15, -0.1) is 0 Å². The SMILES string of the molecule is Cc1ccc(C(=O)C=Cc2cc3cccc(C)c3nc2Cl)cc1. The van der Waals surface area contributed by atoms with Gasteiger partial charge in [-0.25, -0.2) is 4.98 Å². The van der Waals surface area contributed by atoms with E-state index in [1.165, 1.54) is 6.08 Å². The Bertz CT molecular complexity index is 911. The quantitative estimate of drug-likeness (QED) is 0.367. The number of carbonyl (C=O) groups excluding carboxylic acids is 1. The van der Waals surface area contributed by atoms with Crippen LogP contribution in [0.5, 0.6) is 0 Å². The van der Waals surface area contributed by atoms with E-state index in [4.69, 9.17) is 11.6 Å². The molecule has 2 nitrogen and oxygen atoms in total. The van der Waals surface area contributed by atoms with E-state index in [1.807, 2.05) is 62.4 Å². The molecule has 0 bridgehead atoms. The molecule has 3 rings (SSSR count). The van der Waals surface area contributed by atoms with Gasteiger partial charge in [0.05, 0.1) is 5.52 Å². The number of carbonyl (C=O) groups is 1. The van der Waals surface area contributed by atoms with Crippen molar-refractivity contribution in [3.63, 3.8) is 0 Å². The number of hydrogen-bond donors (Lipinski definition) is 0. The lowest BCUT2D eigenvalue weighted by Crippen LogP contribution is -1.94. The molecule has 2 aromatic carbocycles. The van der Waals surface area contributed by atoms with Crippen molar-refractivity contribution in [2.45, 2.75) is 13.8 Å². The smallest absolute Gasteiger partial charge is 0.185 e. The van der Waals surface area contributed by atoms with Crippen molar-refractivity contribution in [3.05, 3.63) is 82.0 Å². The Morgan fingerprint density at radius 2 is 1.83 bits per heavy atom. The lowest BCUT2D eigenvalue weighted by molar-refractivity contribution is 0.104. The number of halogens is 1. The van der Waals surface area contributed by atoms with Crippen molar-refractivity contribution >= 4 is 34.4 Å². The van der Waals surface area contributed by atoms with E-state index in [2.05, 4.69) is 4.98 Å². The number of pyridine rings is 1. The van der Waals surface area contributed by atoms with Crippen LogP contribution in [0.15, 0.2) is 54.6 Å². The van der Waals surface area contributed by atoms with Crippen molar-refractivity contribution in [2.75, 3.05) is 0 Å². The van der Waals surface area contributed by atoms with Crippen molar-refractivity contribution in [1.29, 1.82) is 0 Å². The van der Waals surface area contributed by atoms with Gasteiger partial charge in [0, 0.05) is 16.5 Å². The minimum Gasteiger partial charge on any atom is -0.289 e. The predicted molar refractivity (Wildman–Crippen MR) is 96.0 cm³/mol. The van der Waals surface area contributed by atoms with Gasteiger partial charge >= 0.3 is 0 Å². The van der Waals surface area contributed by atoms with Crippen molar-refractivity contribution in [2.24, 2.45) is 0 Å². The van der Waals surface area contributed by atoms with Crippen LogP contribution in [-0.2, 0) is 0 Å². The molecule has 0 atom stereocenters. The largest absolute Gasteiger partial charge is 0.289 e. The highest BCUT2D eigenvalue weighted by atomic mass is 35.5. The van der Waals surface area contributed by atoms with Crippen molar-refractivity contribution in [3.8, 4) is 0 Å². The highest BCUT2D eigenvalue weighted by molar-refractivity contribution is 6.31. The second-order valence-corrected chi connectivity index (χ2v) is 5.94. The number of ketones is 1. The monoisotopic (exact) mass is 321 g/mol. The van der Waals surface area contributed by atoms with E-state index >= 15 is 0 Å². The Hall–Kier alpha value is -2.45. The normalized spacial score (nSPS) is 11.3. The predicted octanol–water partition coefficient (Wildman–Crippen LogP) is 5.40. The molecule has 0 unspecified atom stereocenters. The number of aromatic nitrogens is 1. The topological polar surface area (TPSA) is 30.0 Å². The first-order chi connectivity index (χ1) is 11.0. The number of aryl methyl sites for hydroxylation is 2. The Morgan fingerprint density at radius 3 is 2.57 bits per heavy atom. The van der Waals surface area contributed by atoms with E-state index in [1.54, 1.807) is 6.08 Å². The van der Waals surface area contributed by atoms with Gasteiger partial charge in [0.1, 0.15) is 5.15 Å². The van der Waals surface area contributed by atoms with Crippen LogP contribution in [0.3, 0.4) is 0 Å². The summed E-state index contributed by atoms with van der Waals surface area (Å²) in [7, 11) is 0. The number of fused-ring (bicyclic) bond motifs is 1. The van der Waals surface area contributed by atoms with Gasteiger partial charge in [0.25, 0.3) is 0 Å². The fourth-order valence-corrected chi connectivity index (χ4v) is 2.64. The van der Waals surface area contributed by atoms with Crippen LogP contribution >= 0.6 is 11.6 Å². The standard InChI is InChI=1S/C20H16ClNO/c1-13-6-8-15(9-7-13)18(23)11-10-17-12-16-5-3-4-14(2)19(16)22-20(17)21/h3-12H,1-2H3. The second kappa shape index (κ2) is 6.35. The minimum atomic E-state index is -0.0506. The number of hydrogen-bond acceptors (Lipinski definition) is 2. The summed E-state index contributed by atoms with van der Waals surface area (Å²) in [5.41, 5.74) is 4.50. The third-order valence-corrected chi connectivity index (χ3v) is 4.08. The minimum absolute atomic E-state index is 0.0506. The molecule has 3 aromatic rings. The first-order valence-corrected chi connectivity index (χ1v) is 7.77. The summed E-state index contributed by atoms with van der Waals surface area (Å²) in [4.78, 5) is 16.6. The molecule has 0 amide bonds. The molecule has 1 aromatic heterocycles. The zero-order valence-electron chi connectivity index (χ0n) is 13.0. The molecule has 0 N–H and O–H groups in total. The summed E-state index contributed by atoms with van der Waals surface area (Å²) in [6.07, 6.45) is 3.26. The van der Waals surface area contributed by atoms with Gasteiger partial charge in [-0.2, -0.15) is 0 Å². The number of allylic oxidation sites excluding steroid dienone is 1. The molecule has 1 heterocycles. The number of para-hydroxylation sites is 1. The fraction of sp³-hybridized carbons (Fsp3) is 0.100. The molecular formula is C20H16ClNO. The molecule has 3 heteroatoms. The Morgan fingerprint density at radius 1 is 1.09 bits per heavy atom. The van der Waals surface area contributed by atoms with Crippen molar-refractivity contribution < 1.29 is 4.79 Å². The molecule has 0 radical (unpaired) electrons. The van der Waals surface area contributed by atoms with Crippen LogP contribution in [0.2, 0.25) is 5.15 Å². The lowest BCUT2D eigenvalue weighted by atomic mass is 10.1. The van der Waals surface area contributed by atoms with E-state index in [0.29, 0.717) is 10.7 Å². The highest BCUT2D eigenvalue weighted by Gasteiger charge is 2.06. The maximum absolute atomic E-state index is 12.2. The van der Waals surface area contributed by atoms with Crippen LogP contribution in [0.4, 0.5) is 0 Å². The maximum atomic E-state index is 12.2. The molecule has 114 valence electrons. The molecule has 0 fully saturated rings. The fourth-order valence-electron chi connectivity index (χ4n) is 2.44. The third kappa shape index (κ3) is 3.33. The van der Waals surface area contributed by atoms with Crippen LogP contribution in [0.25, 0.3) is 17.0 Å². The average Bonchev–Trinajstić information content (AvgIpc) is 2.54. The van der Waals surface area contributed by atoms with Gasteiger partial charge in [-0.3, -0.25) is 4.79 Å². The maximum Gasteiger partial charge on any atom is 0.185 e. The summed E-state index contributed by atoms with van der Waals surface area (Å²) in [5, 5.41) is 1.41. The zero-order chi connectivity index (χ0) is 16.4. The second-order valence-electron chi connectivity index (χ2n) is 5.58. The summed E-state index contributed by atoms with van der Waals surface area (Å²) in [6.45, 7) is 3.99. The molecule has 0 saturated carbocycles. The van der Waals surface area contributed by atoms with E-state index in [-0.39, 0.29) is 5.78 Å². The summed E-state index contributed by atoms with van der Waals surface area (Å²) < 4.78 is 0. The zero-order valence-corrected chi connectivity index (χ0v) is 13.8. The van der Waals surface area contributed by atoms with Crippen LogP contribution in [-0.4, -0.2) is 10.8 Å². The number of rotatable bonds is 3. The van der Waals surface area contributed by atoms with Crippen LogP contribution in [0.1, 0.15) is 27.0 Å². The van der Waals surface area contributed by atoms with E-state index < -0.39 is 0 Å². The van der Waals surface area contributed by atoms with Gasteiger partial charge in [0.15, 0.2) is 5.78 Å². The summed E-state index contributed by atoms with van der Waals surface area (Å²) in [6, 6.07) is 15.4. The van der Waals surface area contributed by atoms with E-state index in [9.17, 15) is 4.79 Å². The van der Waals surface area contributed by atoms with Gasteiger partial charge in [-0.1, -0.05) is 59.6 Å². The molecule has 0 spiro atoms. The van der Waals surface area contributed by atoms with Crippen LogP contribution < -0.4 is 0 Å². The van der Waals surface area contributed by atoms with Gasteiger partial charge in [-0.05, 0) is 37.6 Å². The molecule has 0 aliphatic carbocycles. The first-order valence-electron chi connectivity index (χ1n) is 7.39. The summed E-state index contributed by atoms with van der Waals surface area (Å²) in [5.74, 6) is -0.0506. The number of benzene rings is 2. The molecule has 0 aliphatic heterocycles. The van der Waals surface area contributed by atoms with E-state index in [0.717, 1.165) is 27.6 Å². The van der Waals surface area contributed by atoms with Crippen molar-refractivity contribution in [1.82, 2.24) is 4.98 Å².